The zero-order chi connectivity index (χ0) is 18.8. The second-order valence-electron chi connectivity index (χ2n) is 6.33. The zero-order valence-corrected chi connectivity index (χ0v) is 14.9. The summed E-state index contributed by atoms with van der Waals surface area (Å²) in [7, 11) is 1.54. The summed E-state index contributed by atoms with van der Waals surface area (Å²) in [6, 6.07) is 7.56. The summed E-state index contributed by atoms with van der Waals surface area (Å²) in [5.41, 5.74) is 2.66. The van der Waals surface area contributed by atoms with Gasteiger partial charge in [-0.1, -0.05) is 11.6 Å². The van der Waals surface area contributed by atoms with Crippen molar-refractivity contribution in [3.63, 3.8) is 0 Å². The summed E-state index contributed by atoms with van der Waals surface area (Å²) in [5.74, 6) is 0.511. The van der Waals surface area contributed by atoms with Gasteiger partial charge in [0, 0.05) is 17.7 Å². The first-order valence-electron chi connectivity index (χ1n) is 8.19. The van der Waals surface area contributed by atoms with E-state index in [0.29, 0.717) is 23.1 Å². The number of aromatic hydroxyl groups is 2. The molecule has 0 aliphatic carbocycles. The smallest absolute Gasteiger partial charge is 0.200 e. The molecule has 2 aromatic carbocycles. The highest BCUT2D eigenvalue weighted by Gasteiger charge is 2.16. The Balaban J connectivity index is 2.20. The van der Waals surface area contributed by atoms with Crippen LogP contribution in [0.1, 0.15) is 19.4 Å². The highest BCUT2D eigenvalue weighted by atomic mass is 16.5. The fourth-order valence-corrected chi connectivity index (χ4v) is 2.80. The lowest BCUT2D eigenvalue weighted by atomic mass is 9.99. The quantitative estimate of drug-likeness (QED) is 0.681. The Hall–Kier alpha value is -3.21. The predicted octanol–water partition coefficient (Wildman–Crippen LogP) is 4.39. The summed E-state index contributed by atoms with van der Waals surface area (Å²) in [6.07, 6.45) is 3.96. The molecule has 5 heteroatoms. The monoisotopic (exact) mass is 352 g/mol. The van der Waals surface area contributed by atoms with Gasteiger partial charge >= 0.3 is 0 Å². The predicted molar refractivity (Wildman–Crippen MR) is 101 cm³/mol. The van der Waals surface area contributed by atoms with Gasteiger partial charge in [0.1, 0.15) is 29.1 Å². The Morgan fingerprint density at radius 3 is 2.62 bits per heavy atom. The first kappa shape index (κ1) is 17.6. The van der Waals surface area contributed by atoms with Crippen molar-refractivity contribution < 1.29 is 19.4 Å². The van der Waals surface area contributed by atoms with Crippen LogP contribution < -0.4 is 10.2 Å². The fraction of sp³-hybridized carbons (Fsp3) is 0.190. The molecule has 0 amide bonds. The number of methoxy groups -OCH3 is 1. The number of ether oxygens (including phenoxy) is 1. The molecule has 2 N–H and O–H groups in total. The average molecular weight is 352 g/mol. The van der Waals surface area contributed by atoms with Gasteiger partial charge in [0.05, 0.1) is 18.1 Å². The molecule has 0 bridgehead atoms. The van der Waals surface area contributed by atoms with Crippen LogP contribution in [-0.4, -0.2) is 17.3 Å². The van der Waals surface area contributed by atoms with Crippen molar-refractivity contribution in [3.8, 4) is 28.4 Å². The molecule has 1 aromatic heterocycles. The number of allylic oxidation sites excluding steroid dienone is 2. The van der Waals surface area contributed by atoms with Crippen molar-refractivity contribution in [1.82, 2.24) is 0 Å². The normalized spacial score (nSPS) is 10.7. The lowest BCUT2D eigenvalue weighted by Crippen LogP contribution is -2.05. The Morgan fingerprint density at radius 2 is 1.92 bits per heavy atom. The van der Waals surface area contributed by atoms with Gasteiger partial charge in [-0.3, -0.25) is 4.79 Å². The standard InChI is InChI=1S/C21H20O5/c1-12(2)4-5-13-8-16(18(23)10-19(13)25-3)17-11-26-20-9-14(22)6-7-15(20)21(17)24/h4,6-11,22-23H,5H2,1-3H3. The van der Waals surface area contributed by atoms with Gasteiger partial charge in [-0.05, 0) is 44.0 Å². The van der Waals surface area contributed by atoms with Crippen LogP contribution in [-0.2, 0) is 6.42 Å². The molecule has 3 rings (SSSR count). The Morgan fingerprint density at radius 1 is 1.15 bits per heavy atom. The van der Waals surface area contributed by atoms with E-state index in [1.807, 2.05) is 19.9 Å². The van der Waals surface area contributed by atoms with E-state index in [0.717, 1.165) is 11.1 Å². The van der Waals surface area contributed by atoms with E-state index in [1.54, 1.807) is 6.07 Å². The van der Waals surface area contributed by atoms with Gasteiger partial charge in [0.25, 0.3) is 0 Å². The highest BCUT2D eigenvalue weighted by molar-refractivity contribution is 5.84. The van der Waals surface area contributed by atoms with Gasteiger partial charge in [-0.2, -0.15) is 0 Å². The van der Waals surface area contributed by atoms with Gasteiger partial charge in [-0.25, -0.2) is 0 Å². The number of hydrogen-bond acceptors (Lipinski definition) is 5. The molecule has 5 nitrogen and oxygen atoms in total. The van der Waals surface area contributed by atoms with Crippen LogP contribution in [0.4, 0.5) is 0 Å². The molecule has 0 spiro atoms. The minimum absolute atomic E-state index is 0.0182. The Labute approximate surface area is 150 Å². The van der Waals surface area contributed by atoms with Crippen molar-refractivity contribution >= 4 is 11.0 Å². The largest absolute Gasteiger partial charge is 0.508 e. The minimum atomic E-state index is -0.278. The molecule has 0 atom stereocenters. The number of phenolic OH excluding ortho intramolecular Hbond substituents is 2. The van der Waals surface area contributed by atoms with Gasteiger partial charge < -0.3 is 19.4 Å². The molecule has 0 radical (unpaired) electrons. The molecule has 0 unspecified atom stereocenters. The molecule has 0 aliphatic rings. The first-order chi connectivity index (χ1) is 12.4. The van der Waals surface area contributed by atoms with Crippen LogP contribution >= 0.6 is 0 Å². The maximum absolute atomic E-state index is 12.8. The van der Waals surface area contributed by atoms with Crippen molar-refractivity contribution in [1.29, 1.82) is 0 Å². The molecule has 0 saturated heterocycles. The minimum Gasteiger partial charge on any atom is -0.508 e. The van der Waals surface area contributed by atoms with E-state index < -0.39 is 0 Å². The molecule has 0 saturated carbocycles. The summed E-state index contributed by atoms with van der Waals surface area (Å²) in [4.78, 5) is 12.8. The first-order valence-corrected chi connectivity index (χ1v) is 8.19. The van der Waals surface area contributed by atoms with E-state index >= 15 is 0 Å². The van der Waals surface area contributed by atoms with Crippen LogP contribution in [0.2, 0.25) is 0 Å². The fourth-order valence-electron chi connectivity index (χ4n) is 2.80. The number of rotatable bonds is 4. The van der Waals surface area contributed by atoms with Crippen LogP contribution in [0.5, 0.6) is 17.2 Å². The third-order valence-electron chi connectivity index (χ3n) is 4.18. The molecule has 1 heterocycles. The summed E-state index contributed by atoms with van der Waals surface area (Å²) in [5, 5.41) is 20.3. The Kier molecular flexibility index (Phi) is 4.71. The third-order valence-corrected chi connectivity index (χ3v) is 4.18. The third kappa shape index (κ3) is 3.28. The van der Waals surface area contributed by atoms with E-state index in [2.05, 4.69) is 0 Å². The number of hydrogen-bond donors (Lipinski definition) is 2. The van der Waals surface area contributed by atoms with Crippen LogP contribution in [0, 0.1) is 0 Å². The topological polar surface area (TPSA) is 79.9 Å². The second kappa shape index (κ2) is 6.96. The molecule has 3 aromatic rings. The molecular weight excluding hydrogens is 332 g/mol. The summed E-state index contributed by atoms with van der Waals surface area (Å²) in [6.45, 7) is 4.00. The molecule has 0 aliphatic heterocycles. The molecular formula is C21H20O5. The van der Waals surface area contributed by atoms with Crippen LogP contribution in [0.3, 0.4) is 0 Å². The van der Waals surface area contributed by atoms with E-state index in [1.165, 1.54) is 37.6 Å². The van der Waals surface area contributed by atoms with Gasteiger partial charge in [0.2, 0.25) is 5.43 Å². The van der Waals surface area contributed by atoms with E-state index in [9.17, 15) is 15.0 Å². The van der Waals surface area contributed by atoms with Crippen molar-refractivity contribution in [3.05, 3.63) is 64.0 Å². The van der Waals surface area contributed by atoms with E-state index in [4.69, 9.17) is 9.15 Å². The number of fused-ring (bicyclic) bond motifs is 1. The van der Waals surface area contributed by atoms with Crippen LogP contribution in [0.15, 0.2) is 57.5 Å². The van der Waals surface area contributed by atoms with Gasteiger partial charge in [-0.15, -0.1) is 0 Å². The van der Waals surface area contributed by atoms with Crippen LogP contribution in [0.25, 0.3) is 22.1 Å². The number of benzene rings is 2. The number of phenols is 2. The Bertz CT molecular complexity index is 1060. The lowest BCUT2D eigenvalue weighted by Gasteiger charge is -2.12. The molecule has 134 valence electrons. The van der Waals surface area contributed by atoms with Crippen molar-refractivity contribution in [2.75, 3.05) is 7.11 Å². The maximum Gasteiger partial charge on any atom is 0.200 e. The zero-order valence-electron chi connectivity index (χ0n) is 14.9. The average Bonchev–Trinajstić information content (AvgIpc) is 2.60. The van der Waals surface area contributed by atoms with Crippen molar-refractivity contribution in [2.24, 2.45) is 0 Å². The molecule has 0 fully saturated rings. The van der Waals surface area contributed by atoms with Gasteiger partial charge in [0.15, 0.2) is 0 Å². The van der Waals surface area contributed by atoms with E-state index in [-0.39, 0.29) is 28.1 Å². The molecule has 26 heavy (non-hydrogen) atoms. The summed E-state index contributed by atoms with van der Waals surface area (Å²) < 4.78 is 10.8. The van der Waals surface area contributed by atoms with Crippen molar-refractivity contribution in [2.45, 2.75) is 20.3 Å². The second-order valence-corrected chi connectivity index (χ2v) is 6.33. The highest BCUT2D eigenvalue weighted by Crippen LogP contribution is 2.35. The summed E-state index contributed by atoms with van der Waals surface area (Å²) >= 11 is 0. The SMILES string of the molecule is COc1cc(O)c(-c2coc3cc(O)ccc3c2=O)cc1CC=C(C)C. The lowest BCUT2D eigenvalue weighted by molar-refractivity contribution is 0.404. The maximum atomic E-state index is 12.8.